The van der Waals surface area contributed by atoms with Crippen molar-refractivity contribution >= 4 is 5.71 Å². The highest BCUT2D eigenvalue weighted by Gasteiger charge is 2.33. The van der Waals surface area contributed by atoms with Crippen LogP contribution in [0.3, 0.4) is 0 Å². The Labute approximate surface area is 62.7 Å². The van der Waals surface area contributed by atoms with E-state index in [1.165, 1.54) is 12.1 Å². The fourth-order valence-electron chi connectivity index (χ4n) is 1.18. The fourth-order valence-corrected chi connectivity index (χ4v) is 1.18. The number of hydrazone groups is 1. The summed E-state index contributed by atoms with van der Waals surface area (Å²) in [6, 6.07) is 0. The molecule has 1 rings (SSSR count). The minimum atomic E-state index is 0.232. The predicted molar refractivity (Wildman–Crippen MR) is 44.2 cm³/mol. The summed E-state index contributed by atoms with van der Waals surface area (Å²) in [5.41, 5.74) is 4.67. The molecule has 0 saturated carbocycles. The summed E-state index contributed by atoms with van der Waals surface area (Å²) in [6.45, 7) is 6.60. The van der Waals surface area contributed by atoms with Gasteiger partial charge >= 0.3 is 0 Å². The first-order valence-electron chi connectivity index (χ1n) is 4.07. The van der Waals surface area contributed by atoms with E-state index in [0.717, 1.165) is 12.8 Å². The van der Waals surface area contributed by atoms with Gasteiger partial charge in [-0.25, -0.2) is 0 Å². The maximum atomic E-state index is 4.15. The monoisotopic (exact) mass is 140 g/mol. The molecular weight excluding hydrogens is 124 g/mol. The molecule has 0 aromatic rings. The average molecular weight is 140 g/mol. The largest absolute Gasteiger partial charge is 0.298 e. The van der Waals surface area contributed by atoms with E-state index in [1.54, 1.807) is 0 Å². The third-order valence-corrected chi connectivity index (χ3v) is 2.27. The van der Waals surface area contributed by atoms with Crippen LogP contribution in [0.4, 0.5) is 0 Å². The smallest absolute Gasteiger partial charge is 0.0914 e. The first kappa shape index (κ1) is 7.58. The van der Waals surface area contributed by atoms with Crippen molar-refractivity contribution < 1.29 is 0 Å². The molecule has 0 radical (unpaired) electrons. The van der Waals surface area contributed by atoms with Gasteiger partial charge in [0.1, 0.15) is 0 Å². The molecule has 0 aromatic carbocycles. The average Bonchev–Trinajstić information content (AvgIpc) is 1.96. The van der Waals surface area contributed by atoms with Crippen molar-refractivity contribution in [3.05, 3.63) is 0 Å². The van der Waals surface area contributed by atoms with Crippen LogP contribution in [-0.2, 0) is 0 Å². The van der Waals surface area contributed by atoms with Gasteiger partial charge in [0.05, 0.1) is 11.3 Å². The fraction of sp³-hybridized carbons (Fsp3) is 0.875. The van der Waals surface area contributed by atoms with Crippen LogP contribution in [0.15, 0.2) is 5.10 Å². The lowest BCUT2D eigenvalue weighted by Crippen LogP contribution is -2.55. The molecule has 1 atom stereocenters. The van der Waals surface area contributed by atoms with Crippen LogP contribution in [0, 0.1) is 0 Å². The zero-order valence-electron chi connectivity index (χ0n) is 7.07. The number of rotatable bonds is 3. The van der Waals surface area contributed by atoms with Crippen molar-refractivity contribution in [1.29, 1.82) is 0 Å². The van der Waals surface area contributed by atoms with Crippen molar-refractivity contribution in [3.63, 3.8) is 0 Å². The Balaban J connectivity index is 2.48. The Morgan fingerprint density at radius 2 is 2.20 bits per heavy atom. The molecule has 10 heavy (non-hydrogen) atoms. The van der Waals surface area contributed by atoms with E-state index in [4.69, 9.17) is 0 Å². The highest BCUT2D eigenvalue weighted by molar-refractivity contribution is 5.96. The normalized spacial score (nSPS) is 30.5. The zero-order valence-corrected chi connectivity index (χ0v) is 7.07. The van der Waals surface area contributed by atoms with Gasteiger partial charge in [0.25, 0.3) is 0 Å². The number of nitrogens with one attached hydrogen (secondary N) is 1. The lowest BCUT2D eigenvalue weighted by Gasteiger charge is -2.37. The van der Waals surface area contributed by atoms with E-state index in [9.17, 15) is 0 Å². The van der Waals surface area contributed by atoms with Gasteiger partial charge in [-0.05, 0) is 19.8 Å². The molecule has 0 spiro atoms. The minimum absolute atomic E-state index is 0.232. The molecule has 0 saturated heterocycles. The van der Waals surface area contributed by atoms with Crippen molar-refractivity contribution in [2.45, 2.75) is 45.6 Å². The van der Waals surface area contributed by atoms with Gasteiger partial charge < -0.3 is 0 Å². The van der Waals surface area contributed by atoms with Gasteiger partial charge in [-0.1, -0.05) is 20.3 Å². The van der Waals surface area contributed by atoms with E-state index in [2.05, 4.69) is 31.3 Å². The van der Waals surface area contributed by atoms with E-state index in [-0.39, 0.29) is 5.54 Å². The summed E-state index contributed by atoms with van der Waals surface area (Å²) in [5.74, 6) is 0. The molecule has 0 aliphatic carbocycles. The van der Waals surface area contributed by atoms with Crippen LogP contribution in [0.1, 0.15) is 40.0 Å². The third-order valence-electron chi connectivity index (χ3n) is 2.27. The molecule has 58 valence electrons. The molecule has 0 amide bonds. The highest BCUT2D eigenvalue weighted by Crippen LogP contribution is 2.21. The molecule has 1 heterocycles. The lowest BCUT2D eigenvalue weighted by atomic mass is 9.88. The highest BCUT2D eigenvalue weighted by atomic mass is 15.4. The Morgan fingerprint density at radius 3 is 2.50 bits per heavy atom. The molecule has 0 bridgehead atoms. The SMILES string of the molecule is CCCC1=NNC1(C)CC. The maximum Gasteiger partial charge on any atom is 0.0914 e. The first-order valence-corrected chi connectivity index (χ1v) is 4.07. The van der Waals surface area contributed by atoms with E-state index in [0.29, 0.717) is 0 Å². The van der Waals surface area contributed by atoms with Crippen molar-refractivity contribution in [3.8, 4) is 0 Å². The van der Waals surface area contributed by atoms with Crippen LogP contribution < -0.4 is 5.43 Å². The third kappa shape index (κ3) is 1.02. The molecule has 2 nitrogen and oxygen atoms in total. The minimum Gasteiger partial charge on any atom is -0.298 e. The van der Waals surface area contributed by atoms with Crippen molar-refractivity contribution in [2.24, 2.45) is 5.10 Å². The molecule has 1 unspecified atom stereocenters. The van der Waals surface area contributed by atoms with Gasteiger partial charge in [-0.3, -0.25) is 5.43 Å². The molecule has 2 heteroatoms. The number of hydrogen-bond acceptors (Lipinski definition) is 2. The van der Waals surface area contributed by atoms with Crippen LogP contribution >= 0.6 is 0 Å². The predicted octanol–water partition coefficient (Wildman–Crippen LogP) is 1.91. The van der Waals surface area contributed by atoms with Gasteiger partial charge in [0.2, 0.25) is 0 Å². The van der Waals surface area contributed by atoms with Crippen molar-refractivity contribution in [1.82, 2.24) is 5.43 Å². The summed E-state index contributed by atoms with van der Waals surface area (Å²) < 4.78 is 0. The summed E-state index contributed by atoms with van der Waals surface area (Å²) >= 11 is 0. The van der Waals surface area contributed by atoms with Crippen LogP contribution in [-0.4, -0.2) is 11.3 Å². The van der Waals surface area contributed by atoms with Gasteiger partial charge in [-0.15, -0.1) is 0 Å². The second-order valence-electron chi connectivity index (χ2n) is 3.11. The van der Waals surface area contributed by atoms with Crippen LogP contribution in [0.5, 0.6) is 0 Å². The van der Waals surface area contributed by atoms with E-state index in [1.807, 2.05) is 0 Å². The summed E-state index contributed by atoms with van der Waals surface area (Å²) in [5, 5.41) is 4.15. The molecule has 0 fully saturated rings. The second kappa shape index (κ2) is 2.60. The topological polar surface area (TPSA) is 24.4 Å². The Kier molecular flexibility index (Phi) is 1.97. The Bertz CT molecular complexity index is 151. The molecule has 1 aliphatic heterocycles. The van der Waals surface area contributed by atoms with E-state index < -0.39 is 0 Å². The first-order chi connectivity index (χ1) is 4.73. The Morgan fingerprint density at radius 1 is 1.50 bits per heavy atom. The van der Waals surface area contributed by atoms with Crippen LogP contribution in [0.25, 0.3) is 0 Å². The summed E-state index contributed by atoms with van der Waals surface area (Å²) in [4.78, 5) is 0. The zero-order chi connectivity index (χ0) is 7.61. The van der Waals surface area contributed by atoms with Gasteiger partial charge in [0.15, 0.2) is 0 Å². The standard InChI is InChI=1S/C8H16N2/c1-4-6-7-8(3,5-2)10-9-7/h10H,4-6H2,1-3H3. The van der Waals surface area contributed by atoms with Gasteiger partial charge in [0, 0.05) is 0 Å². The molecule has 1 N–H and O–H groups in total. The van der Waals surface area contributed by atoms with Gasteiger partial charge in [-0.2, -0.15) is 5.10 Å². The summed E-state index contributed by atoms with van der Waals surface area (Å²) in [6.07, 6.45) is 3.50. The number of hydrogen-bond donors (Lipinski definition) is 1. The quantitative estimate of drug-likeness (QED) is 0.636. The summed E-state index contributed by atoms with van der Waals surface area (Å²) in [7, 11) is 0. The van der Waals surface area contributed by atoms with Crippen LogP contribution in [0.2, 0.25) is 0 Å². The Hall–Kier alpha value is -0.530. The maximum absolute atomic E-state index is 4.15. The molecular formula is C8H16N2. The number of nitrogens with zero attached hydrogens (tertiary/aromatic N) is 1. The van der Waals surface area contributed by atoms with E-state index >= 15 is 0 Å². The van der Waals surface area contributed by atoms with Crippen molar-refractivity contribution in [2.75, 3.05) is 0 Å². The second-order valence-corrected chi connectivity index (χ2v) is 3.11. The molecule has 1 aliphatic rings. The lowest BCUT2D eigenvalue weighted by molar-refractivity contribution is 0.404. The molecule has 0 aromatic heterocycles.